The van der Waals surface area contributed by atoms with E-state index >= 15 is 0 Å². The van der Waals surface area contributed by atoms with Crippen LogP contribution in [-0.4, -0.2) is 13.0 Å². The Kier molecular flexibility index (Phi) is 9.88. The second-order valence-corrected chi connectivity index (χ2v) is 3.29. The Morgan fingerprint density at radius 2 is 1.79 bits per heavy atom. The second kappa shape index (κ2) is 10.4. The van der Waals surface area contributed by atoms with Gasteiger partial charge in [0.25, 0.3) is 0 Å². The minimum absolute atomic E-state index is 0.827. The molecule has 0 radical (unpaired) electrons. The van der Waals surface area contributed by atoms with Gasteiger partial charge in [-0.25, -0.2) is 0 Å². The lowest BCUT2D eigenvalue weighted by atomic mass is 10.3. The standard InChI is InChI=1S/C7H8O.C5H11Cl/c1-8-7-5-3-2-4-6-7;1-2-3-4-5-6/h2-6H,1H3;2-5H2,1H3. The molecule has 0 amide bonds. The van der Waals surface area contributed by atoms with Gasteiger partial charge in [-0.3, -0.25) is 0 Å². The van der Waals surface area contributed by atoms with Gasteiger partial charge in [0.15, 0.2) is 0 Å². The van der Waals surface area contributed by atoms with Crippen molar-refractivity contribution in [2.24, 2.45) is 0 Å². The molecule has 0 atom stereocenters. The lowest BCUT2D eigenvalue weighted by Gasteiger charge is -1.93. The summed E-state index contributed by atoms with van der Waals surface area (Å²) < 4.78 is 4.91. The Morgan fingerprint density at radius 1 is 1.14 bits per heavy atom. The van der Waals surface area contributed by atoms with Gasteiger partial charge in [-0.05, 0) is 18.6 Å². The summed E-state index contributed by atoms with van der Waals surface area (Å²) in [6.07, 6.45) is 3.73. The van der Waals surface area contributed by atoms with E-state index in [1.54, 1.807) is 7.11 Å². The fourth-order valence-electron chi connectivity index (χ4n) is 0.901. The summed E-state index contributed by atoms with van der Waals surface area (Å²) in [5, 5.41) is 0. The lowest BCUT2D eigenvalue weighted by Crippen LogP contribution is -1.78. The van der Waals surface area contributed by atoms with Crippen molar-refractivity contribution in [3.05, 3.63) is 30.3 Å². The fourth-order valence-corrected chi connectivity index (χ4v) is 1.09. The van der Waals surface area contributed by atoms with Gasteiger partial charge in [0.05, 0.1) is 7.11 Å². The third-order valence-corrected chi connectivity index (χ3v) is 1.98. The summed E-state index contributed by atoms with van der Waals surface area (Å²) in [4.78, 5) is 0. The number of rotatable bonds is 4. The largest absolute Gasteiger partial charge is 0.497 e. The van der Waals surface area contributed by atoms with E-state index in [1.165, 1.54) is 19.3 Å². The average molecular weight is 215 g/mol. The highest BCUT2D eigenvalue weighted by atomic mass is 35.5. The average Bonchev–Trinajstić information content (AvgIpc) is 2.28. The molecule has 0 aliphatic carbocycles. The van der Waals surface area contributed by atoms with E-state index in [-0.39, 0.29) is 0 Å². The Labute approximate surface area is 92.0 Å². The van der Waals surface area contributed by atoms with Crippen molar-refractivity contribution in [2.75, 3.05) is 13.0 Å². The van der Waals surface area contributed by atoms with Crippen LogP contribution in [0.5, 0.6) is 5.75 Å². The van der Waals surface area contributed by atoms with Crippen molar-refractivity contribution in [3.63, 3.8) is 0 Å². The first kappa shape index (κ1) is 13.3. The molecule has 0 aromatic heterocycles. The predicted molar refractivity (Wildman–Crippen MR) is 63.2 cm³/mol. The van der Waals surface area contributed by atoms with Crippen LogP contribution >= 0.6 is 11.6 Å². The highest BCUT2D eigenvalue weighted by Crippen LogP contribution is 2.05. The number of benzene rings is 1. The Bertz CT molecular complexity index is 195. The molecule has 0 N–H and O–H groups in total. The van der Waals surface area contributed by atoms with Gasteiger partial charge in [-0.2, -0.15) is 0 Å². The van der Waals surface area contributed by atoms with Gasteiger partial charge in [0.2, 0.25) is 0 Å². The number of alkyl halides is 1. The third-order valence-electron chi connectivity index (χ3n) is 1.72. The molecule has 0 fully saturated rings. The molecule has 0 aliphatic heterocycles. The van der Waals surface area contributed by atoms with Crippen LogP contribution in [0.4, 0.5) is 0 Å². The van der Waals surface area contributed by atoms with E-state index in [4.69, 9.17) is 16.3 Å². The minimum Gasteiger partial charge on any atom is -0.497 e. The molecule has 0 spiro atoms. The quantitative estimate of drug-likeness (QED) is 0.542. The van der Waals surface area contributed by atoms with Crippen LogP contribution < -0.4 is 4.74 Å². The van der Waals surface area contributed by atoms with Crippen LogP contribution in [0.1, 0.15) is 26.2 Å². The minimum atomic E-state index is 0.827. The summed E-state index contributed by atoms with van der Waals surface area (Å²) in [6.45, 7) is 2.17. The van der Waals surface area contributed by atoms with Crippen molar-refractivity contribution in [1.29, 1.82) is 0 Å². The molecule has 2 heteroatoms. The Morgan fingerprint density at radius 3 is 2.07 bits per heavy atom. The normalized spacial score (nSPS) is 8.79. The molecule has 1 aromatic rings. The zero-order chi connectivity index (χ0) is 10.6. The number of hydrogen-bond donors (Lipinski definition) is 0. The first-order valence-corrected chi connectivity index (χ1v) is 5.53. The maximum atomic E-state index is 5.38. The summed E-state index contributed by atoms with van der Waals surface area (Å²) in [6, 6.07) is 9.68. The van der Waals surface area contributed by atoms with Gasteiger partial charge in [-0.1, -0.05) is 38.0 Å². The van der Waals surface area contributed by atoms with Gasteiger partial charge in [0.1, 0.15) is 5.75 Å². The molecule has 1 nitrogen and oxygen atoms in total. The second-order valence-electron chi connectivity index (χ2n) is 2.91. The van der Waals surface area contributed by atoms with E-state index in [0.29, 0.717) is 0 Å². The lowest BCUT2D eigenvalue weighted by molar-refractivity contribution is 0.415. The SMILES string of the molecule is CCCCCCl.COc1ccccc1. The molecule has 0 unspecified atom stereocenters. The summed E-state index contributed by atoms with van der Waals surface area (Å²) >= 11 is 5.38. The van der Waals surface area contributed by atoms with E-state index in [2.05, 4.69) is 6.92 Å². The molecule has 0 heterocycles. The molecule has 1 aromatic carbocycles. The van der Waals surface area contributed by atoms with Crippen LogP contribution in [0.15, 0.2) is 30.3 Å². The number of halogens is 1. The number of unbranched alkanes of at least 4 members (excludes halogenated alkanes) is 2. The number of methoxy groups -OCH3 is 1. The van der Waals surface area contributed by atoms with Crippen molar-refractivity contribution in [1.82, 2.24) is 0 Å². The van der Waals surface area contributed by atoms with Crippen LogP contribution in [0, 0.1) is 0 Å². The third kappa shape index (κ3) is 7.93. The van der Waals surface area contributed by atoms with Gasteiger partial charge in [-0.15, -0.1) is 11.6 Å². The van der Waals surface area contributed by atoms with E-state index in [0.717, 1.165) is 11.6 Å². The molecule has 0 saturated carbocycles. The van der Waals surface area contributed by atoms with Gasteiger partial charge in [0, 0.05) is 5.88 Å². The summed E-state index contributed by atoms with van der Waals surface area (Å²) in [5.74, 6) is 1.74. The molecule has 80 valence electrons. The Hall–Kier alpha value is -0.690. The van der Waals surface area contributed by atoms with Gasteiger partial charge >= 0.3 is 0 Å². The van der Waals surface area contributed by atoms with Crippen LogP contribution in [0.3, 0.4) is 0 Å². The van der Waals surface area contributed by atoms with Crippen LogP contribution in [0.2, 0.25) is 0 Å². The molecular weight excluding hydrogens is 196 g/mol. The molecule has 14 heavy (non-hydrogen) atoms. The smallest absolute Gasteiger partial charge is 0.118 e. The van der Waals surface area contributed by atoms with Crippen molar-refractivity contribution in [3.8, 4) is 5.75 Å². The van der Waals surface area contributed by atoms with Crippen LogP contribution in [-0.2, 0) is 0 Å². The first-order chi connectivity index (χ1) is 6.85. The molecule has 0 saturated heterocycles. The monoisotopic (exact) mass is 214 g/mol. The van der Waals surface area contributed by atoms with Crippen LogP contribution in [0.25, 0.3) is 0 Å². The molecular formula is C12H19ClO. The highest BCUT2D eigenvalue weighted by molar-refractivity contribution is 6.17. The van der Waals surface area contributed by atoms with Crippen molar-refractivity contribution >= 4 is 11.6 Å². The zero-order valence-electron chi connectivity index (χ0n) is 9.00. The topological polar surface area (TPSA) is 9.23 Å². The summed E-state index contributed by atoms with van der Waals surface area (Å²) in [7, 11) is 1.66. The fraction of sp³-hybridized carbons (Fsp3) is 0.500. The predicted octanol–water partition coefficient (Wildman–Crippen LogP) is 4.11. The zero-order valence-corrected chi connectivity index (χ0v) is 9.76. The first-order valence-electron chi connectivity index (χ1n) is 5.00. The van der Waals surface area contributed by atoms with Gasteiger partial charge < -0.3 is 4.74 Å². The summed E-state index contributed by atoms with van der Waals surface area (Å²) in [5.41, 5.74) is 0. The number of hydrogen-bond acceptors (Lipinski definition) is 1. The van der Waals surface area contributed by atoms with Crippen molar-refractivity contribution in [2.45, 2.75) is 26.2 Å². The Balaban J connectivity index is 0.000000255. The van der Waals surface area contributed by atoms with E-state index in [1.807, 2.05) is 30.3 Å². The number of para-hydroxylation sites is 1. The maximum Gasteiger partial charge on any atom is 0.118 e. The highest BCUT2D eigenvalue weighted by Gasteiger charge is 1.80. The molecule has 0 bridgehead atoms. The number of ether oxygens (including phenoxy) is 1. The van der Waals surface area contributed by atoms with E-state index in [9.17, 15) is 0 Å². The maximum absolute atomic E-state index is 5.38. The molecule has 0 aliphatic rings. The van der Waals surface area contributed by atoms with E-state index < -0.39 is 0 Å². The molecule has 1 rings (SSSR count). The van der Waals surface area contributed by atoms with Crippen molar-refractivity contribution < 1.29 is 4.74 Å².